The van der Waals surface area contributed by atoms with Crippen molar-refractivity contribution in [3.05, 3.63) is 47.3 Å². The molecule has 1 aromatic carbocycles. The minimum Gasteiger partial charge on any atom is -0.475 e. The minimum atomic E-state index is -0.938. The summed E-state index contributed by atoms with van der Waals surface area (Å²) in [4.78, 5) is 10.4. The van der Waals surface area contributed by atoms with Crippen molar-refractivity contribution in [1.29, 1.82) is 0 Å². The van der Waals surface area contributed by atoms with Crippen LogP contribution in [0, 0.1) is 13.8 Å². The van der Waals surface area contributed by atoms with Crippen LogP contribution in [0.1, 0.15) is 63.9 Å². The molecule has 0 aliphatic carbocycles. The molecule has 184 valence electrons. The second-order valence-corrected chi connectivity index (χ2v) is 9.54. The summed E-state index contributed by atoms with van der Waals surface area (Å²) in [6.07, 6.45) is 5.02. The molecule has 0 bridgehead atoms. The number of nitrogens with zero attached hydrogens (tertiary/aromatic N) is 3. The van der Waals surface area contributed by atoms with E-state index < -0.39 is 5.60 Å². The van der Waals surface area contributed by atoms with Crippen LogP contribution >= 0.6 is 0 Å². The molecule has 0 radical (unpaired) electrons. The average Bonchev–Trinajstić information content (AvgIpc) is 3.08. The molecule has 0 aliphatic heterocycles. The standard InChI is InChI=1S/C27H39N5O2/c1-7-9-13-32(12-8-2)23-14-22(30-26(16-23)34-18-27(5,6)33)17-28-31-21-10-11-25-24(15-21)19(3)20(4)29-25/h10-11,14-17,29,31,33H,7-9,12-13,18H2,1-6H3/b28-17+. The summed E-state index contributed by atoms with van der Waals surface area (Å²) in [6, 6.07) is 10.2. The van der Waals surface area contributed by atoms with Crippen molar-refractivity contribution in [3.8, 4) is 5.88 Å². The van der Waals surface area contributed by atoms with E-state index in [1.54, 1.807) is 20.1 Å². The maximum absolute atomic E-state index is 10.1. The highest BCUT2D eigenvalue weighted by Gasteiger charge is 2.16. The lowest BCUT2D eigenvalue weighted by Crippen LogP contribution is -2.28. The predicted molar refractivity (Wildman–Crippen MR) is 142 cm³/mol. The Kier molecular flexibility index (Phi) is 8.56. The van der Waals surface area contributed by atoms with Crippen LogP contribution < -0.4 is 15.1 Å². The van der Waals surface area contributed by atoms with Gasteiger partial charge in [0, 0.05) is 41.4 Å². The highest BCUT2D eigenvalue weighted by atomic mass is 16.5. The fraction of sp³-hybridized carbons (Fsp3) is 0.481. The van der Waals surface area contributed by atoms with E-state index in [2.05, 4.69) is 65.2 Å². The summed E-state index contributed by atoms with van der Waals surface area (Å²) in [5, 5.41) is 15.7. The zero-order chi connectivity index (χ0) is 24.7. The first-order valence-electron chi connectivity index (χ1n) is 12.2. The SMILES string of the molecule is CCCCN(CCC)c1cc(/C=N/Nc2ccc3[nH]c(C)c(C)c3c2)nc(OCC(C)(C)O)c1. The third-order valence-corrected chi connectivity index (χ3v) is 5.72. The number of unbranched alkanes of at least 4 members (excludes halogenated alkanes) is 1. The van der Waals surface area contributed by atoms with Crippen molar-refractivity contribution in [2.24, 2.45) is 5.10 Å². The quantitative estimate of drug-likeness (QED) is 0.233. The Bertz CT molecular complexity index is 1110. The number of hydrazone groups is 1. The van der Waals surface area contributed by atoms with Gasteiger partial charge in [0.05, 0.1) is 23.2 Å². The van der Waals surface area contributed by atoms with Gasteiger partial charge in [-0.15, -0.1) is 0 Å². The molecule has 0 atom stereocenters. The number of benzene rings is 1. The van der Waals surface area contributed by atoms with Crippen molar-refractivity contribution in [2.75, 3.05) is 30.0 Å². The molecule has 0 saturated heterocycles. The molecule has 7 nitrogen and oxygen atoms in total. The summed E-state index contributed by atoms with van der Waals surface area (Å²) in [6.45, 7) is 14.1. The van der Waals surface area contributed by atoms with E-state index in [4.69, 9.17) is 4.74 Å². The number of rotatable bonds is 12. The van der Waals surface area contributed by atoms with Gasteiger partial charge < -0.3 is 19.7 Å². The topological polar surface area (TPSA) is 85.8 Å². The third-order valence-electron chi connectivity index (χ3n) is 5.72. The molecule has 2 aromatic heterocycles. The molecule has 0 aliphatic rings. The van der Waals surface area contributed by atoms with E-state index in [9.17, 15) is 5.11 Å². The summed E-state index contributed by atoms with van der Waals surface area (Å²) in [5.41, 5.74) is 8.39. The van der Waals surface area contributed by atoms with Gasteiger partial charge in [-0.2, -0.15) is 5.10 Å². The van der Waals surface area contributed by atoms with Crippen LogP contribution in [0.2, 0.25) is 0 Å². The van der Waals surface area contributed by atoms with E-state index >= 15 is 0 Å². The molecule has 3 rings (SSSR count). The van der Waals surface area contributed by atoms with Crippen LogP contribution in [0.4, 0.5) is 11.4 Å². The van der Waals surface area contributed by atoms with Crippen LogP contribution in [0.15, 0.2) is 35.4 Å². The highest BCUT2D eigenvalue weighted by Crippen LogP contribution is 2.25. The number of ether oxygens (including phenoxy) is 1. The normalized spacial score (nSPS) is 12.0. The van der Waals surface area contributed by atoms with Crippen LogP contribution in [0.5, 0.6) is 5.88 Å². The van der Waals surface area contributed by atoms with Gasteiger partial charge in [0.15, 0.2) is 0 Å². The van der Waals surface area contributed by atoms with Gasteiger partial charge in [0.2, 0.25) is 5.88 Å². The number of nitrogens with one attached hydrogen (secondary N) is 2. The fourth-order valence-electron chi connectivity index (χ4n) is 3.78. The Balaban J connectivity index is 1.84. The second kappa shape index (κ2) is 11.4. The van der Waals surface area contributed by atoms with E-state index in [0.29, 0.717) is 11.6 Å². The fourth-order valence-corrected chi connectivity index (χ4v) is 3.78. The van der Waals surface area contributed by atoms with Gasteiger partial charge >= 0.3 is 0 Å². The Hall–Kier alpha value is -3.06. The van der Waals surface area contributed by atoms with E-state index in [1.165, 1.54) is 16.6 Å². The number of pyridine rings is 1. The molecule has 0 spiro atoms. The third kappa shape index (κ3) is 6.97. The molecule has 2 heterocycles. The Labute approximate surface area is 203 Å². The van der Waals surface area contributed by atoms with Gasteiger partial charge in [-0.1, -0.05) is 20.3 Å². The van der Waals surface area contributed by atoms with Crippen LogP contribution in [-0.4, -0.2) is 46.6 Å². The number of hydrogen-bond donors (Lipinski definition) is 3. The number of fused-ring (bicyclic) bond motifs is 1. The number of aryl methyl sites for hydroxylation is 2. The summed E-state index contributed by atoms with van der Waals surface area (Å²) in [7, 11) is 0. The number of aliphatic hydroxyl groups is 1. The molecule has 34 heavy (non-hydrogen) atoms. The van der Waals surface area contributed by atoms with Gasteiger partial charge in [-0.05, 0) is 70.4 Å². The predicted octanol–water partition coefficient (Wildman–Crippen LogP) is 5.79. The zero-order valence-corrected chi connectivity index (χ0v) is 21.4. The summed E-state index contributed by atoms with van der Waals surface area (Å²) < 4.78 is 5.84. The van der Waals surface area contributed by atoms with Crippen LogP contribution in [0.3, 0.4) is 0 Å². The van der Waals surface area contributed by atoms with Crippen molar-refractivity contribution < 1.29 is 9.84 Å². The first kappa shape index (κ1) is 25.6. The second-order valence-electron chi connectivity index (χ2n) is 9.54. The Morgan fingerprint density at radius 2 is 1.94 bits per heavy atom. The van der Waals surface area contributed by atoms with E-state index in [1.807, 2.05) is 18.2 Å². The molecule has 7 heteroatoms. The van der Waals surface area contributed by atoms with Crippen molar-refractivity contribution in [1.82, 2.24) is 9.97 Å². The average molecular weight is 466 g/mol. The smallest absolute Gasteiger partial charge is 0.216 e. The maximum Gasteiger partial charge on any atom is 0.216 e. The number of aromatic amines is 1. The first-order chi connectivity index (χ1) is 16.2. The number of aromatic nitrogens is 2. The lowest BCUT2D eigenvalue weighted by molar-refractivity contribution is 0.0268. The molecule has 3 aromatic rings. The number of H-pyrrole nitrogens is 1. The number of anilines is 2. The van der Waals surface area contributed by atoms with E-state index in [0.717, 1.165) is 49.2 Å². The molecule has 0 saturated carbocycles. The first-order valence-corrected chi connectivity index (χ1v) is 12.2. The van der Waals surface area contributed by atoms with Crippen molar-refractivity contribution in [3.63, 3.8) is 0 Å². The van der Waals surface area contributed by atoms with Crippen LogP contribution in [-0.2, 0) is 0 Å². The largest absolute Gasteiger partial charge is 0.475 e. The summed E-state index contributed by atoms with van der Waals surface area (Å²) in [5.74, 6) is 0.485. The molecule has 0 unspecified atom stereocenters. The molecular formula is C27H39N5O2. The van der Waals surface area contributed by atoms with Crippen LogP contribution in [0.25, 0.3) is 10.9 Å². The van der Waals surface area contributed by atoms with Crippen molar-refractivity contribution in [2.45, 2.75) is 66.4 Å². The lowest BCUT2D eigenvalue weighted by Gasteiger charge is -2.25. The minimum absolute atomic E-state index is 0.163. The van der Waals surface area contributed by atoms with Gasteiger partial charge in [-0.25, -0.2) is 4.98 Å². The molecule has 3 N–H and O–H groups in total. The zero-order valence-electron chi connectivity index (χ0n) is 21.4. The van der Waals surface area contributed by atoms with Gasteiger partial charge in [0.25, 0.3) is 0 Å². The molecular weight excluding hydrogens is 426 g/mol. The Morgan fingerprint density at radius 3 is 2.65 bits per heavy atom. The van der Waals surface area contributed by atoms with Gasteiger partial charge in [-0.3, -0.25) is 5.43 Å². The molecule has 0 amide bonds. The van der Waals surface area contributed by atoms with E-state index in [-0.39, 0.29) is 6.61 Å². The number of hydrogen-bond acceptors (Lipinski definition) is 6. The lowest BCUT2D eigenvalue weighted by atomic mass is 10.1. The van der Waals surface area contributed by atoms with Crippen molar-refractivity contribution >= 4 is 28.5 Å². The highest BCUT2D eigenvalue weighted by molar-refractivity contribution is 5.87. The molecule has 0 fully saturated rings. The monoisotopic (exact) mass is 465 g/mol. The summed E-state index contributed by atoms with van der Waals surface area (Å²) >= 11 is 0. The Morgan fingerprint density at radius 1 is 1.15 bits per heavy atom. The van der Waals surface area contributed by atoms with Gasteiger partial charge in [0.1, 0.15) is 6.61 Å². The maximum atomic E-state index is 10.1.